The maximum absolute atomic E-state index is 10.4. The zero-order valence-corrected chi connectivity index (χ0v) is 5.98. The quantitative estimate of drug-likeness (QED) is 0.458. The average Bonchev–Trinajstić information content (AvgIpc) is 2.16. The van der Waals surface area contributed by atoms with E-state index in [1.165, 1.54) is 0 Å². The van der Waals surface area contributed by atoms with E-state index < -0.39 is 0 Å². The van der Waals surface area contributed by atoms with E-state index in [1.807, 2.05) is 0 Å². The zero-order valence-electron chi connectivity index (χ0n) is 5.98. The highest BCUT2D eigenvalue weighted by Crippen LogP contribution is 1.89. The molecule has 0 bridgehead atoms. The average molecular weight is 141 g/mol. The summed E-state index contributed by atoms with van der Waals surface area (Å²) in [4.78, 5) is 11.9. The highest BCUT2D eigenvalue weighted by atomic mass is 16.2. The van der Waals surface area contributed by atoms with Gasteiger partial charge in [-0.25, -0.2) is 0 Å². The van der Waals surface area contributed by atoms with E-state index >= 15 is 0 Å². The first kappa shape index (κ1) is 8.68. The van der Waals surface area contributed by atoms with E-state index in [9.17, 15) is 4.79 Å². The summed E-state index contributed by atoms with van der Waals surface area (Å²) < 4.78 is 0. The molecule has 0 aliphatic carbocycles. The van der Waals surface area contributed by atoms with Crippen LogP contribution in [0.1, 0.15) is 0 Å². The van der Waals surface area contributed by atoms with Gasteiger partial charge in [0.25, 0.3) is 0 Å². The largest absolute Gasteiger partial charge is 0.337 e. The monoisotopic (exact) mass is 141 g/mol. The number of nitrogens with zero attached hydrogens (tertiary/aromatic N) is 1. The maximum Gasteiger partial charge on any atom is 0.246 e. The summed E-state index contributed by atoms with van der Waals surface area (Å²) in [7, 11) is 1.69. The molecule has 0 saturated carbocycles. The molecule has 2 N–H and O–H groups in total. The molecule has 0 aromatic heterocycles. The zero-order chi connectivity index (χ0) is 8.15. The number of nitrogens with one attached hydrogen (secondary N) is 2. The first-order valence-corrected chi connectivity index (χ1v) is 2.79. The van der Waals surface area contributed by atoms with Gasteiger partial charge in [0.1, 0.15) is 0 Å². The van der Waals surface area contributed by atoms with Crippen LogP contribution in [0.3, 0.4) is 0 Å². The molecular weight excluding hydrogens is 130 g/mol. The highest BCUT2D eigenvalue weighted by molar-refractivity contribution is 6.02. The predicted molar refractivity (Wildman–Crippen MR) is 39.8 cm³/mol. The summed E-state index contributed by atoms with van der Waals surface area (Å²) in [5, 5.41) is 9.32. The second-order valence-electron chi connectivity index (χ2n) is 1.75. The fourth-order valence-electron chi connectivity index (χ4n) is 0.561. The normalized spacial score (nSPS) is 15.9. The highest BCUT2D eigenvalue weighted by Gasteiger charge is 2.18. The number of carbonyl (C=O) groups is 1. The lowest BCUT2D eigenvalue weighted by Gasteiger charge is -2.03. The minimum atomic E-state index is -0.0995. The molecule has 1 rings (SSSR count). The minimum Gasteiger partial charge on any atom is -0.337 e. The van der Waals surface area contributed by atoms with Crippen molar-refractivity contribution < 1.29 is 4.79 Å². The molecule has 0 spiro atoms. The second kappa shape index (κ2) is 3.66. The van der Waals surface area contributed by atoms with Crippen LogP contribution in [0.5, 0.6) is 0 Å². The summed E-state index contributed by atoms with van der Waals surface area (Å²) in [5.74, 6) is 0.0903. The molecule has 56 valence electrons. The van der Waals surface area contributed by atoms with Gasteiger partial charge in [-0.2, -0.15) is 0 Å². The van der Waals surface area contributed by atoms with Crippen molar-refractivity contribution in [1.29, 1.82) is 5.41 Å². The number of carbonyl (C=O) groups excluding carboxylic acids is 1. The van der Waals surface area contributed by atoms with Gasteiger partial charge in [0, 0.05) is 7.05 Å². The third-order valence-electron chi connectivity index (χ3n) is 1.02. The van der Waals surface area contributed by atoms with Crippen LogP contribution < -0.4 is 5.32 Å². The van der Waals surface area contributed by atoms with Crippen molar-refractivity contribution in [3.63, 3.8) is 0 Å². The van der Waals surface area contributed by atoms with Crippen molar-refractivity contribution in [2.75, 3.05) is 13.6 Å². The molecule has 1 amide bonds. The first-order valence-electron chi connectivity index (χ1n) is 2.79. The van der Waals surface area contributed by atoms with Crippen molar-refractivity contribution in [2.24, 2.45) is 0 Å². The second-order valence-corrected chi connectivity index (χ2v) is 1.75. The number of amides is 1. The molecule has 1 aliphatic rings. The Morgan fingerprint density at radius 2 is 2.20 bits per heavy atom. The molecule has 1 heterocycles. The lowest BCUT2D eigenvalue weighted by molar-refractivity contribution is -0.118. The Bertz CT molecular complexity index is 155. The van der Waals surface area contributed by atoms with E-state index in [2.05, 4.69) is 18.5 Å². The van der Waals surface area contributed by atoms with Gasteiger partial charge < -0.3 is 4.90 Å². The number of hydrogen-bond donors (Lipinski definition) is 2. The van der Waals surface area contributed by atoms with Gasteiger partial charge >= 0.3 is 0 Å². The number of rotatable bonds is 0. The van der Waals surface area contributed by atoms with Gasteiger partial charge in [0.05, 0.1) is 6.54 Å². The van der Waals surface area contributed by atoms with Crippen LogP contribution in [-0.4, -0.2) is 30.4 Å². The maximum atomic E-state index is 10.4. The standard InChI is InChI=1S/C4H7N3O.C2H4/c1-7-2-3(8)6-4(7)5;1-2/h2H2,1H3,(H2,5,6,8);1-2H2. The minimum absolute atomic E-state index is 0.0995. The van der Waals surface area contributed by atoms with Crippen molar-refractivity contribution in [2.45, 2.75) is 0 Å². The number of hydrogen-bond acceptors (Lipinski definition) is 2. The Kier molecular flexibility index (Phi) is 3.17. The summed E-state index contributed by atoms with van der Waals surface area (Å²) in [6.45, 7) is 6.32. The van der Waals surface area contributed by atoms with Gasteiger partial charge in [0.2, 0.25) is 5.91 Å². The third kappa shape index (κ3) is 1.89. The van der Waals surface area contributed by atoms with Crippen molar-refractivity contribution in [1.82, 2.24) is 10.2 Å². The fraction of sp³-hybridized carbons (Fsp3) is 0.333. The molecule has 4 heteroatoms. The van der Waals surface area contributed by atoms with E-state index in [4.69, 9.17) is 5.41 Å². The molecular formula is C6H11N3O. The lowest BCUT2D eigenvalue weighted by Crippen LogP contribution is -2.25. The SMILES string of the molecule is C=C.CN1CC(=O)NC1=N. The van der Waals surface area contributed by atoms with E-state index in [-0.39, 0.29) is 11.9 Å². The summed E-state index contributed by atoms with van der Waals surface area (Å²) in [5.41, 5.74) is 0. The van der Waals surface area contributed by atoms with E-state index in [1.54, 1.807) is 11.9 Å². The smallest absolute Gasteiger partial charge is 0.246 e. The van der Waals surface area contributed by atoms with Gasteiger partial charge in [-0.15, -0.1) is 13.2 Å². The van der Waals surface area contributed by atoms with Crippen LogP contribution in [0.4, 0.5) is 0 Å². The van der Waals surface area contributed by atoms with Crippen molar-refractivity contribution in [3.05, 3.63) is 13.2 Å². The van der Waals surface area contributed by atoms with E-state index in [0.29, 0.717) is 6.54 Å². The molecule has 0 atom stereocenters. The Morgan fingerprint density at radius 3 is 2.30 bits per heavy atom. The van der Waals surface area contributed by atoms with Crippen molar-refractivity contribution in [3.8, 4) is 0 Å². The number of guanidine groups is 1. The molecule has 1 fully saturated rings. The molecule has 1 saturated heterocycles. The van der Waals surface area contributed by atoms with Gasteiger partial charge in [-0.1, -0.05) is 0 Å². The Morgan fingerprint density at radius 1 is 1.70 bits per heavy atom. The summed E-state index contributed by atoms with van der Waals surface area (Å²) >= 11 is 0. The van der Waals surface area contributed by atoms with Gasteiger partial charge in [-0.3, -0.25) is 15.5 Å². The third-order valence-corrected chi connectivity index (χ3v) is 1.02. The van der Waals surface area contributed by atoms with Gasteiger partial charge in [0.15, 0.2) is 5.96 Å². The molecule has 0 aromatic carbocycles. The van der Waals surface area contributed by atoms with E-state index in [0.717, 1.165) is 0 Å². The molecule has 0 aromatic rings. The molecule has 0 radical (unpaired) electrons. The van der Waals surface area contributed by atoms with Gasteiger partial charge in [-0.05, 0) is 0 Å². The molecule has 10 heavy (non-hydrogen) atoms. The fourth-order valence-corrected chi connectivity index (χ4v) is 0.561. The Balaban J connectivity index is 0.000000371. The Labute approximate surface area is 60.0 Å². The van der Waals surface area contributed by atoms with Crippen LogP contribution in [-0.2, 0) is 4.79 Å². The summed E-state index contributed by atoms with van der Waals surface area (Å²) in [6.07, 6.45) is 0. The topological polar surface area (TPSA) is 56.2 Å². The number of likely N-dealkylation sites (N-methyl/N-ethyl adjacent to an activating group) is 1. The van der Waals surface area contributed by atoms with Crippen LogP contribution in [0, 0.1) is 5.41 Å². The van der Waals surface area contributed by atoms with Crippen LogP contribution in [0.15, 0.2) is 13.2 Å². The molecule has 4 nitrogen and oxygen atoms in total. The van der Waals surface area contributed by atoms with Crippen LogP contribution >= 0.6 is 0 Å². The Hall–Kier alpha value is -1.32. The van der Waals surface area contributed by atoms with Crippen LogP contribution in [0.2, 0.25) is 0 Å². The predicted octanol–water partition coefficient (Wildman–Crippen LogP) is -0.215. The summed E-state index contributed by atoms with van der Waals surface area (Å²) in [6, 6.07) is 0. The first-order chi connectivity index (χ1) is 4.70. The molecule has 0 unspecified atom stereocenters. The van der Waals surface area contributed by atoms with Crippen molar-refractivity contribution >= 4 is 11.9 Å². The lowest BCUT2D eigenvalue weighted by atomic mass is 10.6. The van der Waals surface area contributed by atoms with Crippen LogP contribution in [0.25, 0.3) is 0 Å². The molecule has 1 aliphatic heterocycles.